The van der Waals surface area contributed by atoms with Crippen LogP contribution in [0.3, 0.4) is 0 Å². The molecule has 0 unspecified atom stereocenters. The fraction of sp³-hybridized carbons (Fsp3) is 0.462. The highest BCUT2D eigenvalue weighted by Crippen LogP contribution is 2.22. The van der Waals surface area contributed by atoms with E-state index in [-0.39, 0.29) is 22.9 Å². The highest BCUT2D eigenvalue weighted by atomic mass is 32.2. The summed E-state index contributed by atoms with van der Waals surface area (Å²) in [5.74, 6) is -0.265. The van der Waals surface area contributed by atoms with Crippen molar-refractivity contribution in [1.82, 2.24) is 10.0 Å². The van der Waals surface area contributed by atoms with E-state index in [1.165, 1.54) is 12.1 Å². The quantitative estimate of drug-likeness (QED) is 0.854. The normalized spacial score (nSPS) is 15.5. The van der Waals surface area contributed by atoms with Crippen molar-refractivity contribution in [3.8, 4) is 0 Å². The van der Waals surface area contributed by atoms with Gasteiger partial charge < -0.3 is 5.32 Å². The van der Waals surface area contributed by atoms with Crippen molar-refractivity contribution in [2.75, 3.05) is 0 Å². The van der Waals surface area contributed by atoms with E-state index in [1.807, 2.05) is 13.8 Å². The van der Waals surface area contributed by atoms with Gasteiger partial charge in [-0.15, -0.1) is 0 Å². The molecule has 0 spiro atoms. The lowest BCUT2D eigenvalue weighted by molar-refractivity contribution is 0.0943. The van der Waals surface area contributed by atoms with Crippen molar-refractivity contribution in [2.45, 2.75) is 43.7 Å². The molecule has 1 aliphatic rings. The maximum absolute atomic E-state index is 12.0. The van der Waals surface area contributed by atoms with Crippen molar-refractivity contribution in [2.24, 2.45) is 0 Å². The van der Waals surface area contributed by atoms with Crippen LogP contribution in [0.1, 0.15) is 37.0 Å². The number of hydrogen-bond acceptors (Lipinski definition) is 3. The summed E-state index contributed by atoms with van der Waals surface area (Å²) in [6.07, 6.45) is 1.76. The van der Waals surface area contributed by atoms with Crippen molar-refractivity contribution in [3.63, 3.8) is 0 Å². The van der Waals surface area contributed by atoms with Crippen LogP contribution < -0.4 is 10.0 Å². The molecule has 19 heavy (non-hydrogen) atoms. The van der Waals surface area contributed by atoms with Gasteiger partial charge in [-0.05, 0) is 44.9 Å². The molecule has 1 amide bonds. The lowest BCUT2D eigenvalue weighted by Crippen LogP contribution is -2.30. The molecule has 0 aliphatic heterocycles. The summed E-state index contributed by atoms with van der Waals surface area (Å²) in [6.45, 7) is 3.71. The van der Waals surface area contributed by atoms with E-state index in [0.717, 1.165) is 12.8 Å². The molecule has 0 atom stereocenters. The minimum Gasteiger partial charge on any atom is -0.350 e. The highest BCUT2D eigenvalue weighted by Gasteiger charge is 2.28. The second-order valence-corrected chi connectivity index (χ2v) is 6.77. The average Bonchev–Trinajstić information content (AvgIpc) is 3.11. The molecule has 1 aromatic rings. The number of sulfonamides is 1. The Morgan fingerprint density at radius 3 is 2.58 bits per heavy atom. The Bertz CT molecular complexity index is 577. The highest BCUT2D eigenvalue weighted by molar-refractivity contribution is 7.89. The number of rotatable bonds is 5. The smallest absolute Gasteiger partial charge is 0.251 e. The van der Waals surface area contributed by atoms with Gasteiger partial charge in [-0.3, -0.25) is 4.79 Å². The second-order valence-electron chi connectivity index (χ2n) is 5.05. The largest absolute Gasteiger partial charge is 0.350 e. The lowest BCUT2D eigenvalue weighted by atomic mass is 10.2. The van der Waals surface area contributed by atoms with Gasteiger partial charge in [0.05, 0.1) is 4.90 Å². The monoisotopic (exact) mass is 282 g/mol. The molecule has 104 valence electrons. The fourth-order valence-electron chi connectivity index (χ4n) is 1.64. The molecular weight excluding hydrogens is 264 g/mol. The first-order chi connectivity index (χ1) is 8.88. The standard InChI is InChI=1S/C13H18N2O3S/c1-9(2)14-13(16)10-4-3-5-12(8-10)19(17,18)15-11-6-7-11/h3-5,8-9,11,15H,6-7H2,1-2H3,(H,14,16). The maximum Gasteiger partial charge on any atom is 0.251 e. The SMILES string of the molecule is CC(C)NC(=O)c1cccc(S(=O)(=O)NC2CC2)c1. The predicted octanol–water partition coefficient (Wildman–Crippen LogP) is 1.27. The third-order valence-electron chi connectivity index (χ3n) is 2.73. The van der Waals surface area contributed by atoms with Gasteiger partial charge in [0.2, 0.25) is 10.0 Å². The summed E-state index contributed by atoms with van der Waals surface area (Å²) in [7, 11) is -3.51. The first kappa shape index (κ1) is 14.0. The summed E-state index contributed by atoms with van der Waals surface area (Å²) in [6, 6.07) is 6.15. The van der Waals surface area contributed by atoms with Gasteiger partial charge in [-0.25, -0.2) is 13.1 Å². The zero-order valence-electron chi connectivity index (χ0n) is 11.0. The van der Waals surface area contributed by atoms with Gasteiger partial charge in [0.25, 0.3) is 5.91 Å². The Hall–Kier alpha value is -1.40. The summed E-state index contributed by atoms with van der Waals surface area (Å²) in [5, 5.41) is 2.74. The van der Waals surface area contributed by atoms with Gasteiger partial charge >= 0.3 is 0 Å². The number of carbonyl (C=O) groups is 1. The Kier molecular flexibility index (Phi) is 3.91. The first-order valence-corrected chi connectivity index (χ1v) is 7.80. The van der Waals surface area contributed by atoms with E-state index in [0.29, 0.717) is 5.56 Å². The van der Waals surface area contributed by atoms with Crippen molar-refractivity contribution >= 4 is 15.9 Å². The summed E-state index contributed by atoms with van der Waals surface area (Å²) in [5.41, 5.74) is 0.354. The van der Waals surface area contributed by atoms with Gasteiger partial charge in [0, 0.05) is 17.6 Å². The van der Waals surface area contributed by atoms with Crippen LogP contribution in [0.4, 0.5) is 0 Å². The van der Waals surface area contributed by atoms with E-state index < -0.39 is 10.0 Å². The minimum absolute atomic E-state index is 0.0114. The Balaban J connectivity index is 2.21. The zero-order valence-corrected chi connectivity index (χ0v) is 11.8. The molecular formula is C13H18N2O3S. The maximum atomic E-state index is 12.0. The summed E-state index contributed by atoms with van der Waals surface area (Å²) in [4.78, 5) is 12.0. The van der Waals surface area contributed by atoms with Gasteiger partial charge in [-0.1, -0.05) is 6.07 Å². The van der Waals surface area contributed by atoms with E-state index in [1.54, 1.807) is 12.1 Å². The van der Waals surface area contributed by atoms with Crippen molar-refractivity contribution < 1.29 is 13.2 Å². The molecule has 1 aliphatic carbocycles. The number of benzene rings is 1. The molecule has 0 bridgehead atoms. The Morgan fingerprint density at radius 1 is 1.32 bits per heavy atom. The third-order valence-corrected chi connectivity index (χ3v) is 4.24. The van der Waals surface area contributed by atoms with E-state index >= 15 is 0 Å². The van der Waals surface area contributed by atoms with Gasteiger partial charge in [0.1, 0.15) is 0 Å². The second kappa shape index (κ2) is 5.30. The summed E-state index contributed by atoms with van der Waals surface area (Å²) >= 11 is 0. The molecule has 0 saturated heterocycles. The van der Waals surface area contributed by atoms with Crippen LogP contribution in [0.25, 0.3) is 0 Å². The first-order valence-electron chi connectivity index (χ1n) is 6.32. The molecule has 1 saturated carbocycles. The molecule has 1 fully saturated rings. The lowest BCUT2D eigenvalue weighted by Gasteiger charge is -2.10. The Morgan fingerprint density at radius 2 is 2.00 bits per heavy atom. The number of nitrogens with one attached hydrogen (secondary N) is 2. The molecule has 2 N–H and O–H groups in total. The van der Waals surface area contributed by atoms with Crippen LogP contribution in [0.2, 0.25) is 0 Å². The van der Waals surface area contributed by atoms with Gasteiger partial charge in [0.15, 0.2) is 0 Å². The van der Waals surface area contributed by atoms with E-state index in [9.17, 15) is 13.2 Å². The summed E-state index contributed by atoms with van der Waals surface area (Å²) < 4.78 is 26.7. The van der Waals surface area contributed by atoms with Gasteiger partial charge in [-0.2, -0.15) is 0 Å². The number of carbonyl (C=O) groups excluding carboxylic acids is 1. The average molecular weight is 282 g/mol. The number of hydrogen-bond donors (Lipinski definition) is 2. The van der Waals surface area contributed by atoms with E-state index in [2.05, 4.69) is 10.0 Å². The van der Waals surface area contributed by atoms with Crippen molar-refractivity contribution in [1.29, 1.82) is 0 Å². The Labute approximate surface area is 113 Å². The van der Waals surface area contributed by atoms with E-state index in [4.69, 9.17) is 0 Å². The predicted molar refractivity (Wildman–Crippen MR) is 72.4 cm³/mol. The third kappa shape index (κ3) is 3.78. The molecule has 1 aromatic carbocycles. The molecule has 0 aromatic heterocycles. The van der Waals surface area contributed by atoms with Crippen LogP contribution in [-0.4, -0.2) is 26.4 Å². The van der Waals surface area contributed by atoms with Crippen LogP contribution in [0.15, 0.2) is 29.2 Å². The van der Waals surface area contributed by atoms with Crippen LogP contribution in [0, 0.1) is 0 Å². The molecule has 0 heterocycles. The number of amides is 1. The van der Waals surface area contributed by atoms with Crippen LogP contribution >= 0.6 is 0 Å². The minimum atomic E-state index is -3.51. The molecule has 6 heteroatoms. The fourth-order valence-corrected chi connectivity index (χ4v) is 2.99. The molecule has 5 nitrogen and oxygen atoms in total. The van der Waals surface area contributed by atoms with Crippen LogP contribution in [0.5, 0.6) is 0 Å². The topological polar surface area (TPSA) is 75.3 Å². The zero-order chi connectivity index (χ0) is 14.0. The van der Waals surface area contributed by atoms with Crippen molar-refractivity contribution in [3.05, 3.63) is 29.8 Å². The molecule has 0 radical (unpaired) electrons. The molecule has 2 rings (SSSR count). The van der Waals surface area contributed by atoms with Crippen LogP contribution in [-0.2, 0) is 10.0 Å².